The van der Waals surface area contributed by atoms with Gasteiger partial charge >= 0.3 is 0 Å². The highest BCUT2D eigenvalue weighted by molar-refractivity contribution is 6.09. The fourth-order valence-corrected chi connectivity index (χ4v) is 2.79. The van der Waals surface area contributed by atoms with E-state index in [1.54, 1.807) is 30.3 Å². The predicted octanol–water partition coefficient (Wildman–Crippen LogP) is 4.18. The van der Waals surface area contributed by atoms with Crippen LogP contribution in [0.1, 0.15) is 36.4 Å². The smallest absolute Gasteiger partial charge is 0.266 e. The summed E-state index contributed by atoms with van der Waals surface area (Å²) in [4.78, 5) is 12.4. The Morgan fingerprint density at radius 2 is 2.00 bits per heavy atom. The predicted molar refractivity (Wildman–Crippen MR) is 102 cm³/mol. The van der Waals surface area contributed by atoms with Crippen molar-refractivity contribution in [3.05, 3.63) is 58.4 Å². The number of hydrogen-bond acceptors (Lipinski definition) is 3. The third-order valence-corrected chi connectivity index (χ3v) is 4.07. The Morgan fingerprint density at radius 1 is 1.27 bits per heavy atom. The number of benzene rings is 1. The van der Waals surface area contributed by atoms with Gasteiger partial charge in [-0.25, -0.2) is 0 Å². The molecule has 0 spiro atoms. The van der Waals surface area contributed by atoms with Gasteiger partial charge in [0, 0.05) is 23.6 Å². The highest BCUT2D eigenvalue weighted by Gasteiger charge is 2.14. The summed E-state index contributed by atoms with van der Waals surface area (Å²) in [5, 5.41) is 21.0. The maximum Gasteiger partial charge on any atom is 0.266 e. The largest absolute Gasteiger partial charge is 0.348 e. The van der Waals surface area contributed by atoms with Gasteiger partial charge in [0.15, 0.2) is 0 Å². The van der Waals surface area contributed by atoms with Gasteiger partial charge in [0.1, 0.15) is 11.6 Å². The van der Waals surface area contributed by atoms with Crippen LogP contribution in [-0.4, -0.2) is 10.5 Å². The lowest BCUT2D eigenvalue weighted by Gasteiger charge is -2.12. The summed E-state index contributed by atoms with van der Waals surface area (Å²) in [6.45, 7) is 9.20. The monoisotopic (exact) mass is 346 g/mol. The fourth-order valence-electron chi connectivity index (χ4n) is 2.79. The zero-order valence-corrected chi connectivity index (χ0v) is 15.5. The summed E-state index contributed by atoms with van der Waals surface area (Å²) >= 11 is 0. The van der Waals surface area contributed by atoms with Crippen molar-refractivity contribution in [3.63, 3.8) is 0 Å². The number of nitriles is 2. The minimum Gasteiger partial charge on any atom is -0.348 e. The first-order valence-corrected chi connectivity index (χ1v) is 8.45. The van der Waals surface area contributed by atoms with Crippen molar-refractivity contribution in [1.29, 1.82) is 10.5 Å². The van der Waals surface area contributed by atoms with Gasteiger partial charge in [0.05, 0.1) is 11.6 Å². The van der Waals surface area contributed by atoms with Crippen molar-refractivity contribution >= 4 is 17.7 Å². The van der Waals surface area contributed by atoms with Crippen LogP contribution in [-0.2, 0) is 11.3 Å². The Bertz CT molecular complexity index is 936. The molecule has 0 aliphatic rings. The number of carbonyl (C=O) groups excluding carboxylic acids is 1. The molecule has 0 aliphatic carbocycles. The van der Waals surface area contributed by atoms with Crippen LogP contribution >= 0.6 is 0 Å². The van der Waals surface area contributed by atoms with Crippen LogP contribution < -0.4 is 5.32 Å². The number of rotatable bonds is 5. The Morgan fingerprint density at radius 3 is 2.62 bits per heavy atom. The minimum atomic E-state index is -0.490. The molecule has 0 atom stereocenters. The van der Waals surface area contributed by atoms with Gasteiger partial charge in [-0.1, -0.05) is 19.9 Å². The van der Waals surface area contributed by atoms with E-state index in [1.165, 1.54) is 0 Å². The second kappa shape index (κ2) is 8.18. The molecule has 1 amide bonds. The van der Waals surface area contributed by atoms with Gasteiger partial charge in [-0.15, -0.1) is 0 Å². The Labute approximate surface area is 154 Å². The number of carbonyl (C=O) groups is 1. The van der Waals surface area contributed by atoms with E-state index in [0.29, 0.717) is 17.2 Å². The number of amides is 1. The first-order valence-electron chi connectivity index (χ1n) is 8.45. The fraction of sp³-hybridized carbons (Fsp3) is 0.286. The minimum absolute atomic E-state index is 0.0251. The molecule has 5 nitrogen and oxygen atoms in total. The van der Waals surface area contributed by atoms with E-state index in [2.05, 4.69) is 23.7 Å². The molecule has 26 heavy (non-hydrogen) atoms. The molecular weight excluding hydrogens is 324 g/mol. The number of nitrogens with zero attached hydrogens (tertiary/aromatic N) is 3. The molecule has 1 aromatic heterocycles. The maximum absolute atomic E-state index is 12.4. The van der Waals surface area contributed by atoms with Crippen LogP contribution in [0.2, 0.25) is 0 Å². The lowest BCUT2D eigenvalue weighted by molar-refractivity contribution is -0.112. The average Bonchev–Trinajstić information content (AvgIpc) is 2.86. The molecule has 0 fully saturated rings. The van der Waals surface area contributed by atoms with Crippen molar-refractivity contribution in [2.24, 2.45) is 5.92 Å². The molecule has 5 heteroatoms. The molecule has 132 valence electrons. The summed E-state index contributed by atoms with van der Waals surface area (Å²) in [6.07, 6.45) is 1.61. The normalized spacial score (nSPS) is 11.1. The van der Waals surface area contributed by atoms with Crippen molar-refractivity contribution < 1.29 is 4.79 Å². The Hall–Kier alpha value is -3.31. The molecule has 0 saturated carbocycles. The molecule has 0 saturated heterocycles. The van der Waals surface area contributed by atoms with E-state index >= 15 is 0 Å². The number of hydrogen-bond donors (Lipinski definition) is 1. The highest BCUT2D eigenvalue weighted by Crippen LogP contribution is 2.20. The van der Waals surface area contributed by atoms with Crippen LogP contribution in [0.3, 0.4) is 0 Å². The first kappa shape index (κ1) is 19.0. The second-order valence-electron chi connectivity index (χ2n) is 6.65. The van der Waals surface area contributed by atoms with Crippen LogP contribution in [0.15, 0.2) is 35.9 Å². The maximum atomic E-state index is 12.4. The van der Waals surface area contributed by atoms with Crippen LogP contribution in [0.5, 0.6) is 0 Å². The Balaban J connectivity index is 2.29. The second-order valence-corrected chi connectivity index (χ2v) is 6.65. The lowest BCUT2D eigenvalue weighted by Crippen LogP contribution is -2.13. The zero-order chi connectivity index (χ0) is 19.3. The van der Waals surface area contributed by atoms with Crippen LogP contribution in [0, 0.1) is 42.4 Å². The van der Waals surface area contributed by atoms with Gasteiger partial charge in [-0.3, -0.25) is 4.79 Å². The molecule has 1 heterocycles. The number of anilines is 1. The molecule has 1 N–H and O–H groups in total. The van der Waals surface area contributed by atoms with E-state index in [0.717, 1.165) is 23.5 Å². The quantitative estimate of drug-likeness (QED) is 0.651. The molecular formula is C21H22N4O. The lowest BCUT2D eigenvalue weighted by atomic mass is 10.1. The number of nitrogens with one attached hydrogen (secondary N) is 1. The third kappa shape index (κ3) is 4.40. The molecule has 0 unspecified atom stereocenters. The highest BCUT2D eigenvalue weighted by atomic mass is 16.1. The number of aromatic nitrogens is 1. The average molecular weight is 346 g/mol. The van der Waals surface area contributed by atoms with E-state index in [-0.39, 0.29) is 5.57 Å². The Kier molecular flexibility index (Phi) is 5.98. The van der Waals surface area contributed by atoms with Crippen LogP contribution in [0.4, 0.5) is 5.69 Å². The first-order chi connectivity index (χ1) is 12.3. The summed E-state index contributed by atoms with van der Waals surface area (Å²) in [6, 6.07) is 12.6. The third-order valence-electron chi connectivity index (χ3n) is 4.07. The standard InChI is InChI=1S/C21H22N4O/c1-14(2)13-25-15(3)8-18(16(25)4)10-19(12-23)21(26)24-20-7-5-6-17(9-20)11-22/h5-10,14H,13H2,1-4H3,(H,24,26)/b19-10+. The van der Waals surface area contributed by atoms with Crippen molar-refractivity contribution in [2.75, 3.05) is 5.32 Å². The summed E-state index contributed by atoms with van der Waals surface area (Å²) < 4.78 is 2.19. The summed E-state index contributed by atoms with van der Waals surface area (Å²) in [5.41, 5.74) is 3.95. The van der Waals surface area contributed by atoms with Crippen molar-refractivity contribution in [2.45, 2.75) is 34.2 Å². The van der Waals surface area contributed by atoms with E-state index < -0.39 is 5.91 Å². The summed E-state index contributed by atoms with van der Waals surface area (Å²) in [7, 11) is 0. The van der Waals surface area contributed by atoms with E-state index in [1.807, 2.05) is 32.1 Å². The number of aryl methyl sites for hydroxylation is 1. The molecule has 0 radical (unpaired) electrons. The molecule has 0 aliphatic heterocycles. The van der Waals surface area contributed by atoms with Crippen LogP contribution in [0.25, 0.3) is 6.08 Å². The molecule has 1 aromatic carbocycles. The van der Waals surface area contributed by atoms with Gasteiger partial charge in [-0.05, 0) is 55.7 Å². The topological polar surface area (TPSA) is 81.6 Å². The van der Waals surface area contributed by atoms with Gasteiger partial charge < -0.3 is 9.88 Å². The van der Waals surface area contributed by atoms with Crippen molar-refractivity contribution in [1.82, 2.24) is 4.57 Å². The van der Waals surface area contributed by atoms with Gasteiger partial charge in [0.25, 0.3) is 5.91 Å². The molecule has 0 bridgehead atoms. The summed E-state index contributed by atoms with van der Waals surface area (Å²) in [5.74, 6) is 0.0130. The van der Waals surface area contributed by atoms with Crippen molar-refractivity contribution in [3.8, 4) is 12.1 Å². The molecule has 2 aromatic rings. The van der Waals surface area contributed by atoms with E-state index in [9.17, 15) is 10.1 Å². The molecule has 2 rings (SSSR count). The van der Waals surface area contributed by atoms with E-state index in [4.69, 9.17) is 5.26 Å². The van der Waals surface area contributed by atoms with Gasteiger partial charge in [0.2, 0.25) is 0 Å². The zero-order valence-electron chi connectivity index (χ0n) is 15.5. The SMILES string of the molecule is Cc1cc(/C=C(\C#N)C(=O)Nc2cccc(C#N)c2)c(C)n1CC(C)C. The van der Waals surface area contributed by atoms with Gasteiger partial charge in [-0.2, -0.15) is 10.5 Å².